The van der Waals surface area contributed by atoms with E-state index in [1.54, 1.807) is 12.1 Å². The average molecular weight is 371 g/mol. The van der Waals surface area contributed by atoms with Gasteiger partial charge in [0, 0.05) is 5.92 Å². The number of nitriles is 2. The molecule has 1 aromatic carbocycles. The highest BCUT2D eigenvalue weighted by Gasteiger charge is 2.97. The first kappa shape index (κ1) is 17.4. The van der Waals surface area contributed by atoms with Crippen molar-refractivity contribution in [1.82, 2.24) is 0 Å². The van der Waals surface area contributed by atoms with Gasteiger partial charge in [-0.05, 0) is 17.7 Å². The molecule has 2 fully saturated rings. The van der Waals surface area contributed by atoms with Crippen LogP contribution < -0.4 is 24.9 Å². The smallest absolute Gasteiger partial charge is 0.343 e. The number of fused-ring (bicyclic) bond motifs is 2. The SMILES string of the molecule is COc1cc([C@@H]2[C@]3(C#N)C(N)=[NH+]C4(OCCO4)[C@]23C#N)cc(OC)c1OC. The molecule has 0 amide bonds. The van der Waals surface area contributed by atoms with Crippen LogP contribution in [0.1, 0.15) is 11.5 Å². The molecule has 140 valence electrons. The van der Waals surface area contributed by atoms with E-state index in [9.17, 15) is 10.5 Å². The lowest BCUT2D eigenvalue weighted by molar-refractivity contribution is -0.676. The third kappa shape index (κ3) is 1.71. The molecule has 0 aromatic heterocycles. The molecule has 3 aliphatic rings. The molecule has 27 heavy (non-hydrogen) atoms. The molecular weight excluding hydrogens is 352 g/mol. The number of nitrogens with zero attached hydrogens (tertiary/aromatic N) is 2. The second-order valence-electron chi connectivity index (χ2n) is 6.58. The first-order valence-electron chi connectivity index (χ1n) is 8.33. The van der Waals surface area contributed by atoms with Gasteiger partial charge < -0.3 is 23.7 Å². The summed E-state index contributed by atoms with van der Waals surface area (Å²) >= 11 is 0. The molecule has 1 aromatic rings. The van der Waals surface area contributed by atoms with E-state index in [0.717, 1.165) is 0 Å². The number of methoxy groups -OCH3 is 3. The lowest BCUT2D eigenvalue weighted by Crippen LogP contribution is -2.89. The van der Waals surface area contributed by atoms with Gasteiger partial charge in [0.15, 0.2) is 22.3 Å². The fourth-order valence-electron chi connectivity index (χ4n) is 4.59. The third-order valence-electron chi connectivity index (χ3n) is 5.71. The van der Waals surface area contributed by atoms with Crippen molar-refractivity contribution in [3.8, 4) is 29.4 Å². The fraction of sp³-hybridized carbons (Fsp3) is 0.500. The zero-order chi connectivity index (χ0) is 19.4. The Morgan fingerprint density at radius 1 is 1.07 bits per heavy atom. The first-order valence-corrected chi connectivity index (χ1v) is 8.33. The van der Waals surface area contributed by atoms with E-state index in [0.29, 0.717) is 36.0 Å². The van der Waals surface area contributed by atoms with Crippen molar-refractivity contribution >= 4 is 5.84 Å². The molecule has 2 heterocycles. The number of ether oxygens (including phenoxy) is 5. The second kappa shape index (κ2) is 5.49. The molecular formula is C18H19N4O5+. The van der Waals surface area contributed by atoms with E-state index in [1.807, 2.05) is 0 Å². The lowest BCUT2D eigenvalue weighted by Gasteiger charge is -2.23. The summed E-state index contributed by atoms with van der Waals surface area (Å²) in [5, 5.41) is 20.2. The Balaban J connectivity index is 1.93. The first-order chi connectivity index (χ1) is 13.0. The standard InChI is InChI=1S/C18H18N4O5/c1-23-11-6-10(7-12(24-2)13(11)25-3)14-16(8-19)15(21)22-18(17(14,16)9-20)26-4-5-27-18/h6-7,14H,4-5H2,1-3H3,(H2,21,22)/p+1/t14-,16-,17-/m1/s1. The van der Waals surface area contributed by atoms with Crippen LogP contribution in [0.15, 0.2) is 12.1 Å². The van der Waals surface area contributed by atoms with E-state index < -0.39 is 22.7 Å². The molecule has 2 aliphatic heterocycles. The summed E-state index contributed by atoms with van der Waals surface area (Å²) in [7, 11) is 4.51. The minimum absolute atomic E-state index is 0.159. The molecule has 0 bridgehead atoms. The number of amidine groups is 1. The van der Waals surface area contributed by atoms with Crippen molar-refractivity contribution in [2.75, 3.05) is 34.5 Å². The summed E-state index contributed by atoms with van der Waals surface area (Å²) < 4.78 is 27.7. The molecule has 1 saturated heterocycles. The molecule has 3 atom stereocenters. The van der Waals surface area contributed by atoms with Gasteiger partial charge in [0.25, 0.3) is 5.84 Å². The maximum absolute atomic E-state index is 10.1. The molecule has 3 N–H and O–H groups in total. The van der Waals surface area contributed by atoms with Crippen molar-refractivity contribution in [2.45, 2.75) is 11.8 Å². The Morgan fingerprint density at radius 2 is 1.67 bits per heavy atom. The van der Waals surface area contributed by atoms with Crippen molar-refractivity contribution in [1.29, 1.82) is 10.5 Å². The number of nitrogens with one attached hydrogen (secondary N) is 1. The van der Waals surface area contributed by atoms with Gasteiger partial charge in [-0.3, -0.25) is 5.73 Å². The van der Waals surface area contributed by atoms with Crippen LogP contribution in [0, 0.1) is 33.5 Å². The number of hydrogen-bond donors (Lipinski definition) is 2. The molecule has 0 unspecified atom stereocenters. The van der Waals surface area contributed by atoms with Gasteiger partial charge in [0.05, 0.1) is 46.7 Å². The fourth-order valence-corrected chi connectivity index (χ4v) is 4.59. The molecule has 0 radical (unpaired) electrons. The Morgan fingerprint density at radius 3 is 2.11 bits per heavy atom. The summed E-state index contributed by atoms with van der Waals surface area (Å²) in [5.41, 5.74) is 4.21. The number of nitrogens with two attached hydrogens (primary N) is 1. The van der Waals surface area contributed by atoms with Crippen LogP contribution in [0.4, 0.5) is 0 Å². The molecule has 1 aliphatic carbocycles. The van der Waals surface area contributed by atoms with Gasteiger partial charge in [0.2, 0.25) is 5.75 Å². The van der Waals surface area contributed by atoms with Gasteiger partial charge in [-0.25, -0.2) is 4.99 Å². The highest BCUT2D eigenvalue weighted by molar-refractivity contribution is 5.95. The molecule has 1 saturated carbocycles. The predicted octanol–water partition coefficient (Wildman–Crippen LogP) is -1.02. The van der Waals surface area contributed by atoms with E-state index in [4.69, 9.17) is 29.4 Å². The number of benzene rings is 1. The summed E-state index contributed by atoms with van der Waals surface area (Å²) in [6.45, 7) is 0.598. The van der Waals surface area contributed by atoms with Gasteiger partial charge in [-0.15, -0.1) is 0 Å². The Kier molecular flexibility index (Phi) is 3.54. The Bertz CT molecular complexity index is 902. The minimum Gasteiger partial charge on any atom is -0.493 e. The zero-order valence-corrected chi connectivity index (χ0v) is 15.2. The predicted molar refractivity (Wildman–Crippen MR) is 89.7 cm³/mol. The van der Waals surface area contributed by atoms with Crippen molar-refractivity contribution in [3.05, 3.63) is 17.7 Å². The zero-order valence-electron chi connectivity index (χ0n) is 15.2. The summed E-state index contributed by atoms with van der Waals surface area (Å²) in [6, 6.07) is 7.95. The van der Waals surface area contributed by atoms with Crippen LogP contribution in [0.5, 0.6) is 17.2 Å². The highest BCUT2D eigenvalue weighted by atomic mass is 16.8. The second-order valence-corrected chi connectivity index (χ2v) is 6.58. The molecule has 4 rings (SSSR count). The van der Waals surface area contributed by atoms with E-state index >= 15 is 0 Å². The van der Waals surface area contributed by atoms with Crippen LogP contribution in [-0.4, -0.2) is 46.3 Å². The van der Waals surface area contributed by atoms with Crippen LogP contribution in [0.3, 0.4) is 0 Å². The van der Waals surface area contributed by atoms with Crippen LogP contribution in [-0.2, 0) is 9.47 Å². The summed E-state index contributed by atoms with van der Waals surface area (Å²) in [4.78, 5) is 2.91. The van der Waals surface area contributed by atoms with Crippen molar-refractivity contribution in [2.24, 2.45) is 16.6 Å². The van der Waals surface area contributed by atoms with E-state index in [2.05, 4.69) is 17.1 Å². The van der Waals surface area contributed by atoms with Crippen LogP contribution in [0.25, 0.3) is 0 Å². The number of hydrogen-bond acceptors (Lipinski definition) is 8. The van der Waals surface area contributed by atoms with Gasteiger partial charge in [0.1, 0.15) is 0 Å². The monoisotopic (exact) mass is 371 g/mol. The van der Waals surface area contributed by atoms with Gasteiger partial charge in [-0.1, -0.05) is 0 Å². The largest absolute Gasteiger partial charge is 0.493 e. The molecule has 9 nitrogen and oxygen atoms in total. The quantitative estimate of drug-likeness (QED) is 0.687. The molecule has 9 heteroatoms. The maximum Gasteiger partial charge on any atom is 0.343 e. The van der Waals surface area contributed by atoms with E-state index in [1.165, 1.54) is 21.3 Å². The normalized spacial score (nSPS) is 32.2. The molecule has 1 spiro atoms. The topological polar surface area (TPSA) is 134 Å². The van der Waals surface area contributed by atoms with Crippen LogP contribution in [0.2, 0.25) is 0 Å². The minimum atomic E-state index is -1.45. The average Bonchev–Trinajstić information content (AvgIpc) is 2.95. The van der Waals surface area contributed by atoms with Crippen molar-refractivity contribution < 1.29 is 28.7 Å². The Labute approximate surface area is 155 Å². The summed E-state index contributed by atoms with van der Waals surface area (Å²) in [5.74, 6) is -0.615. The van der Waals surface area contributed by atoms with Gasteiger partial charge >= 0.3 is 5.91 Å². The third-order valence-corrected chi connectivity index (χ3v) is 5.71. The van der Waals surface area contributed by atoms with Crippen molar-refractivity contribution in [3.63, 3.8) is 0 Å². The Hall–Kier alpha value is -3.01. The van der Waals surface area contributed by atoms with Gasteiger partial charge in [-0.2, -0.15) is 10.5 Å². The maximum atomic E-state index is 10.1. The summed E-state index contributed by atoms with van der Waals surface area (Å²) in [6.07, 6.45) is 0. The number of rotatable bonds is 4. The van der Waals surface area contributed by atoms with Crippen LogP contribution >= 0.6 is 0 Å². The van der Waals surface area contributed by atoms with E-state index in [-0.39, 0.29) is 5.84 Å². The highest BCUT2D eigenvalue weighted by Crippen LogP contribution is 2.79. The lowest BCUT2D eigenvalue weighted by atomic mass is 9.94.